The van der Waals surface area contributed by atoms with Gasteiger partial charge in [-0.25, -0.2) is 4.39 Å². The van der Waals surface area contributed by atoms with Crippen molar-refractivity contribution in [3.8, 4) is 0 Å². The van der Waals surface area contributed by atoms with Crippen LogP contribution in [0.4, 0.5) is 4.39 Å². The maximum absolute atomic E-state index is 12.9. The van der Waals surface area contributed by atoms with Gasteiger partial charge in [0, 0.05) is 6.54 Å². The molecule has 0 saturated carbocycles. The Morgan fingerprint density at radius 1 is 1.38 bits per heavy atom. The van der Waals surface area contributed by atoms with E-state index >= 15 is 0 Å². The first-order valence-electron chi connectivity index (χ1n) is 5.69. The van der Waals surface area contributed by atoms with Crippen molar-refractivity contribution in [2.45, 2.75) is 26.8 Å². The average molecular weight is 224 g/mol. The Kier molecular flexibility index (Phi) is 4.90. The number of benzene rings is 1. The molecule has 0 heterocycles. The van der Waals surface area contributed by atoms with Gasteiger partial charge < -0.3 is 11.1 Å². The van der Waals surface area contributed by atoms with Gasteiger partial charge in [0.25, 0.3) is 0 Å². The first kappa shape index (κ1) is 13.1. The zero-order chi connectivity index (χ0) is 12.0. The van der Waals surface area contributed by atoms with E-state index in [4.69, 9.17) is 5.73 Å². The van der Waals surface area contributed by atoms with Crippen LogP contribution in [0.15, 0.2) is 24.3 Å². The summed E-state index contributed by atoms with van der Waals surface area (Å²) in [6.07, 6.45) is 1.03. The Morgan fingerprint density at radius 2 is 2.12 bits per heavy atom. The molecule has 0 aromatic heterocycles. The van der Waals surface area contributed by atoms with E-state index in [-0.39, 0.29) is 11.2 Å². The van der Waals surface area contributed by atoms with Gasteiger partial charge in [-0.05, 0) is 42.6 Å². The molecule has 0 bridgehead atoms. The predicted octanol–water partition coefficient (Wildman–Crippen LogP) is 2.29. The molecule has 1 rings (SSSR count). The van der Waals surface area contributed by atoms with Gasteiger partial charge in [0.15, 0.2) is 0 Å². The van der Waals surface area contributed by atoms with Crippen LogP contribution in [0.2, 0.25) is 0 Å². The van der Waals surface area contributed by atoms with Gasteiger partial charge >= 0.3 is 0 Å². The summed E-state index contributed by atoms with van der Waals surface area (Å²) in [5, 5.41) is 3.30. The number of nitrogens with one attached hydrogen (secondary N) is 1. The normalized spacial score (nSPS) is 11.8. The molecular formula is C13H21FN2. The first-order valence-corrected chi connectivity index (χ1v) is 5.69. The molecule has 0 aliphatic rings. The molecule has 0 unspecified atom stereocenters. The lowest BCUT2D eigenvalue weighted by molar-refractivity contribution is 0.339. The van der Waals surface area contributed by atoms with E-state index in [2.05, 4.69) is 19.2 Å². The van der Waals surface area contributed by atoms with Gasteiger partial charge in [0.1, 0.15) is 5.82 Å². The van der Waals surface area contributed by atoms with Crippen LogP contribution < -0.4 is 11.1 Å². The summed E-state index contributed by atoms with van der Waals surface area (Å²) in [6.45, 7) is 6.60. The van der Waals surface area contributed by atoms with Gasteiger partial charge in [0.2, 0.25) is 0 Å². The van der Waals surface area contributed by atoms with E-state index in [0.29, 0.717) is 13.1 Å². The lowest BCUT2D eigenvalue weighted by atomic mass is 9.90. The van der Waals surface area contributed by atoms with Crippen LogP contribution in [0, 0.1) is 11.2 Å². The summed E-state index contributed by atoms with van der Waals surface area (Å²) in [5.41, 5.74) is 6.80. The molecule has 1 aromatic carbocycles. The Morgan fingerprint density at radius 3 is 2.75 bits per heavy atom. The van der Waals surface area contributed by atoms with E-state index < -0.39 is 0 Å². The van der Waals surface area contributed by atoms with Crippen molar-refractivity contribution < 1.29 is 4.39 Å². The van der Waals surface area contributed by atoms with Gasteiger partial charge in [-0.2, -0.15) is 0 Å². The number of nitrogens with two attached hydrogens (primary N) is 1. The quantitative estimate of drug-likeness (QED) is 0.728. The molecule has 3 N–H and O–H groups in total. The van der Waals surface area contributed by atoms with Crippen LogP contribution in [0.1, 0.15) is 25.8 Å². The minimum Gasteiger partial charge on any atom is -0.330 e. The molecule has 0 aliphatic carbocycles. The van der Waals surface area contributed by atoms with Crippen LogP contribution >= 0.6 is 0 Å². The third-order valence-corrected chi connectivity index (χ3v) is 2.75. The molecule has 0 radical (unpaired) electrons. The number of hydrogen-bond donors (Lipinski definition) is 2. The number of halogens is 1. The summed E-state index contributed by atoms with van der Waals surface area (Å²) < 4.78 is 12.9. The fraction of sp³-hybridized carbons (Fsp3) is 0.538. The van der Waals surface area contributed by atoms with Gasteiger partial charge in [-0.1, -0.05) is 26.0 Å². The second-order valence-corrected chi connectivity index (χ2v) is 4.93. The molecule has 0 fully saturated rings. The number of rotatable bonds is 6. The minimum atomic E-state index is -0.179. The molecule has 2 nitrogen and oxygen atoms in total. The first-order chi connectivity index (χ1) is 7.53. The highest BCUT2D eigenvalue weighted by Gasteiger charge is 2.14. The van der Waals surface area contributed by atoms with E-state index in [1.165, 1.54) is 6.07 Å². The third kappa shape index (κ3) is 4.73. The summed E-state index contributed by atoms with van der Waals surface area (Å²) in [7, 11) is 0. The summed E-state index contributed by atoms with van der Waals surface area (Å²) in [5.74, 6) is -0.179. The van der Waals surface area contributed by atoms with Gasteiger partial charge in [0.05, 0.1) is 0 Å². The van der Waals surface area contributed by atoms with E-state index in [1.807, 2.05) is 6.07 Å². The van der Waals surface area contributed by atoms with Gasteiger partial charge in [-0.3, -0.25) is 0 Å². The van der Waals surface area contributed by atoms with Crippen molar-refractivity contribution in [2.24, 2.45) is 11.1 Å². The Bertz CT molecular complexity index is 323. The minimum absolute atomic E-state index is 0.176. The van der Waals surface area contributed by atoms with Crippen molar-refractivity contribution in [2.75, 3.05) is 13.1 Å². The summed E-state index contributed by atoms with van der Waals surface area (Å²) >= 11 is 0. The van der Waals surface area contributed by atoms with E-state index in [0.717, 1.165) is 18.5 Å². The Labute approximate surface area is 97.0 Å². The molecule has 16 heavy (non-hydrogen) atoms. The van der Waals surface area contributed by atoms with Crippen LogP contribution in [0.3, 0.4) is 0 Å². The Hall–Kier alpha value is -0.930. The van der Waals surface area contributed by atoms with Crippen molar-refractivity contribution in [1.29, 1.82) is 0 Å². The standard InChI is InChI=1S/C13H21FN2/c1-13(2,10-15)6-7-16-9-11-4-3-5-12(14)8-11/h3-5,8,16H,6-7,9-10,15H2,1-2H3. The topological polar surface area (TPSA) is 38.0 Å². The predicted molar refractivity (Wildman–Crippen MR) is 65.6 cm³/mol. The fourth-order valence-electron chi connectivity index (χ4n) is 1.41. The molecular weight excluding hydrogens is 203 g/mol. The molecule has 90 valence electrons. The van der Waals surface area contributed by atoms with Gasteiger partial charge in [-0.15, -0.1) is 0 Å². The fourth-order valence-corrected chi connectivity index (χ4v) is 1.41. The molecule has 0 spiro atoms. The average Bonchev–Trinajstić information content (AvgIpc) is 2.25. The highest BCUT2D eigenvalue weighted by molar-refractivity contribution is 5.15. The maximum Gasteiger partial charge on any atom is 0.123 e. The van der Waals surface area contributed by atoms with Crippen molar-refractivity contribution in [3.05, 3.63) is 35.6 Å². The smallest absolute Gasteiger partial charge is 0.123 e. The van der Waals surface area contributed by atoms with Crippen molar-refractivity contribution >= 4 is 0 Å². The second kappa shape index (κ2) is 5.97. The van der Waals surface area contributed by atoms with Crippen LogP contribution in [0.25, 0.3) is 0 Å². The number of hydrogen-bond acceptors (Lipinski definition) is 2. The second-order valence-electron chi connectivity index (χ2n) is 4.93. The van der Waals surface area contributed by atoms with E-state index in [1.54, 1.807) is 12.1 Å². The maximum atomic E-state index is 12.9. The Balaban J connectivity index is 2.26. The summed E-state index contributed by atoms with van der Waals surface area (Å²) in [6, 6.07) is 6.67. The SMILES string of the molecule is CC(C)(CN)CCNCc1cccc(F)c1. The van der Waals surface area contributed by atoms with Crippen LogP contribution in [-0.2, 0) is 6.54 Å². The zero-order valence-corrected chi connectivity index (χ0v) is 10.1. The third-order valence-electron chi connectivity index (χ3n) is 2.75. The lowest BCUT2D eigenvalue weighted by Crippen LogP contribution is -2.28. The highest BCUT2D eigenvalue weighted by atomic mass is 19.1. The van der Waals surface area contributed by atoms with Crippen LogP contribution in [0.5, 0.6) is 0 Å². The monoisotopic (exact) mass is 224 g/mol. The largest absolute Gasteiger partial charge is 0.330 e. The lowest BCUT2D eigenvalue weighted by Gasteiger charge is -2.22. The van der Waals surface area contributed by atoms with Crippen molar-refractivity contribution in [3.63, 3.8) is 0 Å². The van der Waals surface area contributed by atoms with Crippen molar-refractivity contribution in [1.82, 2.24) is 5.32 Å². The van der Waals surface area contributed by atoms with E-state index in [9.17, 15) is 4.39 Å². The highest BCUT2D eigenvalue weighted by Crippen LogP contribution is 2.16. The van der Waals surface area contributed by atoms with Crippen LogP contribution in [-0.4, -0.2) is 13.1 Å². The summed E-state index contributed by atoms with van der Waals surface area (Å²) in [4.78, 5) is 0. The molecule has 0 saturated heterocycles. The molecule has 1 aromatic rings. The molecule has 3 heteroatoms. The molecule has 0 atom stereocenters. The molecule has 0 aliphatic heterocycles. The molecule has 0 amide bonds. The zero-order valence-electron chi connectivity index (χ0n) is 10.1.